The summed E-state index contributed by atoms with van der Waals surface area (Å²) in [5.74, 6) is 2.70. The highest BCUT2D eigenvalue weighted by Gasteiger charge is 2.61. The second-order valence-corrected chi connectivity index (χ2v) is 9.87. The zero-order valence-electron chi connectivity index (χ0n) is 17.5. The van der Waals surface area contributed by atoms with Crippen molar-refractivity contribution in [1.82, 2.24) is 10.3 Å². The topological polar surface area (TPSA) is 51.2 Å². The summed E-state index contributed by atoms with van der Waals surface area (Å²) in [7, 11) is 0. The summed E-state index contributed by atoms with van der Waals surface area (Å²) in [6.45, 7) is 0. The van der Waals surface area contributed by atoms with Crippen LogP contribution < -0.4 is 10.1 Å². The van der Waals surface area contributed by atoms with Gasteiger partial charge in [-0.2, -0.15) is 0 Å². The first kappa shape index (κ1) is 20.0. The van der Waals surface area contributed by atoms with Crippen molar-refractivity contribution >= 4 is 28.4 Å². The van der Waals surface area contributed by atoms with Crippen molar-refractivity contribution in [2.75, 3.05) is 0 Å². The van der Waals surface area contributed by atoms with Crippen LogP contribution in [0.25, 0.3) is 10.9 Å². The SMILES string of the molecule is O=C(N[C@H](C1CC1)[C@H]1[C@@H]2C[C@@H](Oc3ccnc4ccc(F)cc34)C[C@@H]21)c1ccc(Cl)cc1. The second-order valence-electron chi connectivity index (χ2n) is 9.43. The zero-order chi connectivity index (χ0) is 21.8. The molecule has 0 saturated heterocycles. The highest BCUT2D eigenvalue weighted by atomic mass is 35.5. The van der Waals surface area contributed by atoms with E-state index in [0.717, 1.165) is 23.7 Å². The Morgan fingerprint density at radius 3 is 2.56 bits per heavy atom. The van der Waals surface area contributed by atoms with E-state index in [-0.39, 0.29) is 23.9 Å². The number of benzene rings is 2. The molecule has 1 heterocycles. The van der Waals surface area contributed by atoms with Crippen molar-refractivity contribution in [3.05, 3.63) is 71.1 Å². The van der Waals surface area contributed by atoms with Crippen LogP contribution in [0.4, 0.5) is 4.39 Å². The summed E-state index contributed by atoms with van der Waals surface area (Å²) in [4.78, 5) is 17.1. The van der Waals surface area contributed by atoms with Crippen LogP contribution in [0.1, 0.15) is 36.0 Å². The Kier molecular flexibility index (Phi) is 4.83. The van der Waals surface area contributed by atoms with Crippen LogP contribution in [-0.4, -0.2) is 23.0 Å². The summed E-state index contributed by atoms with van der Waals surface area (Å²) < 4.78 is 20.0. The van der Waals surface area contributed by atoms with Gasteiger partial charge in [-0.05, 0) is 97.9 Å². The molecule has 1 N–H and O–H groups in total. The van der Waals surface area contributed by atoms with E-state index in [0.29, 0.717) is 40.0 Å². The maximum absolute atomic E-state index is 13.7. The van der Waals surface area contributed by atoms with Crippen molar-refractivity contribution < 1.29 is 13.9 Å². The monoisotopic (exact) mass is 450 g/mol. The number of nitrogens with one attached hydrogen (secondary N) is 1. The standard InChI is InChI=1S/C26H24ClFN2O2/c27-16-5-3-15(4-6-16)26(31)30-25(14-1-2-14)24-19-12-18(13-20(19)24)32-23-9-10-29-22-8-7-17(28)11-21(22)23/h3-11,14,18-20,24-25H,1-2,12-13H2,(H,30,31)/t18-,19-,20+,24+,25-/m1/s1. The van der Waals surface area contributed by atoms with E-state index in [1.54, 1.807) is 36.5 Å². The first-order chi connectivity index (χ1) is 15.6. The summed E-state index contributed by atoms with van der Waals surface area (Å²) in [6.07, 6.45) is 6.18. The van der Waals surface area contributed by atoms with Crippen molar-refractivity contribution in [2.45, 2.75) is 37.8 Å². The van der Waals surface area contributed by atoms with E-state index in [1.807, 2.05) is 6.07 Å². The number of nitrogens with zero attached hydrogens (tertiary/aromatic N) is 1. The molecule has 6 rings (SSSR count). The third-order valence-corrected chi connectivity index (χ3v) is 7.63. The Labute approximate surface area is 191 Å². The van der Waals surface area contributed by atoms with Crippen molar-refractivity contribution in [1.29, 1.82) is 0 Å². The van der Waals surface area contributed by atoms with Gasteiger partial charge < -0.3 is 10.1 Å². The van der Waals surface area contributed by atoms with Gasteiger partial charge in [0.05, 0.1) is 11.6 Å². The predicted octanol–water partition coefficient (Wildman–Crippen LogP) is 5.64. The highest BCUT2D eigenvalue weighted by Crippen LogP contribution is 2.62. The van der Waals surface area contributed by atoms with Gasteiger partial charge in [-0.1, -0.05) is 11.6 Å². The molecule has 3 aliphatic carbocycles. The number of carbonyl (C=O) groups excluding carboxylic acids is 1. The first-order valence-corrected chi connectivity index (χ1v) is 11.7. The Bertz CT molecular complexity index is 1170. The number of amides is 1. The minimum Gasteiger partial charge on any atom is -0.490 e. The minimum atomic E-state index is -0.284. The molecule has 32 heavy (non-hydrogen) atoms. The largest absolute Gasteiger partial charge is 0.490 e. The van der Waals surface area contributed by atoms with Crippen LogP contribution in [0.3, 0.4) is 0 Å². The van der Waals surface area contributed by atoms with Crippen LogP contribution in [0, 0.1) is 29.5 Å². The Morgan fingerprint density at radius 2 is 1.84 bits per heavy atom. The molecule has 5 atom stereocenters. The average molecular weight is 451 g/mol. The number of hydrogen-bond donors (Lipinski definition) is 1. The van der Waals surface area contributed by atoms with Gasteiger partial charge in [0.15, 0.2) is 0 Å². The van der Waals surface area contributed by atoms with Gasteiger partial charge in [0.2, 0.25) is 0 Å². The Balaban J connectivity index is 1.11. The molecule has 1 aromatic heterocycles. The molecule has 164 valence electrons. The Morgan fingerprint density at radius 1 is 1.09 bits per heavy atom. The smallest absolute Gasteiger partial charge is 0.251 e. The van der Waals surface area contributed by atoms with Gasteiger partial charge in [0.1, 0.15) is 11.6 Å². The number of halogens is 2. The molecule has 3 aromatic rings. The fourth-order valence-corrected chi connectivity index (χ4v) is 5.79. The summed E-state index contributed by atoms with van der Waals surface area (Å²) in [6, 6.07) is 13.7. The van der Waals surface area contributed by atoms with Gasteiger partial charge in [-0.15, -0.1) is 0 Å². The Hall–Kier alpha value is -2.66. The first-order valence-electron chi connectivity index (χ1n) is 11.3. The maximum atomic E-state index is 13.7. The van der Waals surface area contributed by atoms with Crippen molar-refractivity contribution in [3.63, 3.8) is 0 Å². The van der Waals surface area contributed by atoms with E-state index >= 15 is 0 Å². The fraction of sp³-hybridized carbons (Fsp3) is 0.385. The number of aromatic nitrogens is 1. The molecule has 2 aromatic carbocycles. The molecule has 0 bridgehead atoms. The lowest BCUT2D eigenvalue weighted by atomic mass is 9.98. The number of fused-ring (bicyclic) bond motifs is 2. The van der Waals surface area contributed by atoms with E-state index in [9.17, 15) is 9.18 Å². The zero-order valence-corrected chi connectivity index (χ0v) is 18.3. The van der Waals surface area contributed by atoms with Crippen molar-refractivity contribution in [3.8, 4) is 5.75 Å². The summed E-state index contributed by atoms with van der Waals surface area (Å²) in [5.41, 5.74) is 1.40. The number of pyridine rings is 1. The molecule has 0 radical (unpaired) electrons. The lowest BCUT2D eigenvalue weighted by molar-refractivity contribution is 0.0918. The molecule has 0 aliphatic heterocycles. The molecule has 6 heteroatoms. The third-order valence-electron chi connectivity index (χ3n) is 7.37. The second kappa shape index (κ2) is 7.73. The number of ether oxygens (including phenoxy) is 1. The summed E-state index contributed by atoms with van der Waals surface area (Å²) in [5, 5.41) is 4.68. The minimum absolute atomic E-state index is 0.0124. The lowest BCUT2D eigenvalue weighted by Gasteiger charge is -2.23. The average Bonchev–Trinajstić information content (AvgIpc) is 3.70. The molecule has 1 amide bonds. The van der Waals surface area contributed by atoms with Gasteiger partial charge in [-0.25, -0.2) is 4.39 Å². The molecule has 0 unspecified atom stereocenters. The molecular weight excluding hydrogens is 427 g/mol. The maximum Gasteiger partial charge on any atom is 0.251 e. The van der Waals surface area contributed by atoms with Gasteiger partial charge in [0, 0.05) is 28.2 Å². The lowest BCUT2D eigenvalue weighted by Crippen LogP contribution is -2.39. The third kappa shape index (κ3) is 3.73. The number of rotatable bonds is 6. The van der Waals surface area contributed by atoms with Crippen LogP contribution >= 0.6 is 11.6 Å². The predicted molar refractivity (Wildman–Crippen MR) is 121 cm³/mol. The van der Waals surface area contributed by atoms with Gasteiger partial charge in [0.25, 0.3) is 5.91 Å². The van der Waals surface area contributed by atoms with Crippen LogP contribution in [0.2, 0.25) is 5.02 Å². The normalized spacial score (nSPS) is 27.1. The summed E-state index contributed by atoms with van der Waals surface area (Å²) >= 11 is 5.95. The van der Waals surface area contributed by atoms with Crippen LogP contribution in [0.5, 0.6) is 5.75 Å². The molecule has 3 fully saturated rings. The van der Waals surface area contributed by atoms with Crippen LogP contribution in [0.15, 0.2) is 54.7 Å². The molecule has 3 aliphatic rings. The number of carbonyl (C=O) groups is 1. The van der Waals surface area contributed by atoms with Crippen LogP contribution in [-0.2, 0) is 0 Å². The molecular formula is C26H24ClFN2O2. The molecule has 4 nitrogen and oxygen atoms in total. The number of hydrogen-bond acceptors (Lipinski definition) is 3. The quantitative estimate of drug-likeness (QED) is 0.528. The van der Waals surface area contributed by atoms with E-state index < -0.39 is 0 Å². The van der Waals surface area contributed by atoms with Gasteiger partial charge in [-0.3, -0.25) is 9.78 Å². The van der Waals surface area contributed by atoms with Gasteiger partial charge >= 0.3 is 0 Å². The fourth-order valence-electron chi connectivity index (χ4n) is 5.67. The van der Waals surface area contributed by atoms with Crippen molar-refractivity contribution in [2.24, 2.45) is 23.7 Å². The highest BCUT2D eigenvalue weighted by molar-refractivity contribution is 6.30. The van der Waals surface area contributed by atoms with E-state index in [1.165, 1.54) is 25.0 Å². The molecule has 0 spiro atoms. The molecule has 3 saturated carbocycles. The van der Waals surface area contributed by atoms with E-state index in [4.69, 9.17) is 16.3 Å². The van der Waals surface area contributed by atoms with E-state index in [2.05, 4.69) is 10.3 Å².